The van der Waals surface area contributed by atoms with Crippen LogP contribution in [-0.2, 0) is 11.3 Å². The van der Waals surface area contributed by atoms with Crippen molar-refractivity contribution in [2.75, 3.05) is 11.9 Å². The number of carbonyl (C=O) groups excluding carboxylic acids is 1. The van der Waals surface area contributed by atoms with Crippen molar-refractivity contribution >= 4 is 21.8 Å². The number of carbonyl (C=O) groups is 1. The summed E-state index contributed by atoms with van der Waals surface area (Å²) in [6.07, 6.45) is 4.34. The molecule has 20 heavy (non-hydrogen) atoms. The fraction of sp³-hybridized carbons (Fsp3) is 0.333. The molecule has 1 saturated heterocycles. The third-order valence-electron chi connectivity index (χ3n) is 3.59. The second-order valence-corrected chi connectivity index (χ2v) is 5.76. The maximum Gasteiger partial charge on any atom is 0.223 e. The zero-order valence-electron chi connectivity index (χ0n) is 11.1. The minimum absolute atomic E-state index is 0.255. The molecule has 1 unspecified atom stereocenters. The van der Waals surface area contributed by atoms with Crippen LogP contribution in [0.15, 0.2) is 42.7 Å². The van der Waals surface area contributed by atoms with E-state index in [0.717, 1.165) is 23.1 Å². The Hall–Kier alpha value is -1.62. The van der Waals surface area contributed by atoms with Gasteiger partial charge in [-0.15, -0.1) is 0 Å². The summed E-state index contributed by atoms with van der Waals surface area (Å²) < 4.78 is 1.83. The molecular weight excluding hydrogens is 318 g/mol. The average Bonchev–Trinajstić information content (AvgIpc) is 3.10. The van der Waals surface area contributed by atoms with Crippen molar-refractivity contribution in [3.05, 3.63) is 48.3 Å². The number of nitrogens with zero attached hydrogens (tertiary/aromatic N) is 3. The van der Waals surface area contributed by atoms with Crippen LogP contribution in [0.3, 0.4) is 0 Å². The minimum Gasteiger partial charge on any atom is -0.338 e. The molecule has 1 aromatic carbocycles. The summed E-state index contributed by atoms with van der Waals surface area (Å²) in [7, 11) is 0. The van der Waals surface area contributed by atoms with E-state index >= 15 is 0 Å². The molecule has 1 amide bonds. The number of hydrogen-bond acceptors (Lipinski definition) is 2. The van der Waals surface area contributed by atoms with Crippen LogP contribution in [0.25, 0.3) is 5.69 Å². The van der Waals surface area contributed by atoms with Crippen LogP contribution in [-0.4, -0.2) is 32.5 Å². The third kappa shape index (κ3) is 2.77. The van der Waals surface area contributed by atoms with Gasteiger partial charge in [-0.1, -0.05) is 28.1 Å². The summed E-state index contributed by atoms with van der Waals surface area (Å²) in [5.41, 5.74) is 2.19. The number of likely N-dealkylation sites (tertiary alicyclic amines) is 1. The number of rotatable bonds is 4. The number of halogens is 1. The molecule has 104 valence electrons. The first-order valence-electron chi connectivity index (χ1n) is 6.69. The molecule has 1 aromatic heterocycles. The van der Waals surface area contributed by atoms with Gasteiger partial charge in [-0.2, -0.15) is 5.10 Å². The van der Waals surface area contributed by atoms with Gasteiger partial charge < -0.3 is 4.90 Å². The SMILES string of the molecule is O=C1CC(CBr)CN1Cc1ccc(-n2cccn2)cc1. The molecule has 3 rings (SSSR count). The first-order chi connectivity index (χ1) is 9.76. The fourth-order valence-corrected chi connectivity index (χ4v) is 2.94. The summed E-state index contributed by atoms with van der Waals surface area (Å²) in [5, 5.41) is 5.10. The summed E-state index contributed by atoms with van der Waals surface area (Å²) in [5.74, 6) is 0.705. The first-order valence-corrected chi connectivity index (χ1v) is 7.81. The van der Waals surface area contributed by atoms with Gasteiger partial charge in [-0.3, -0.25) is 4.79 Å². The second kappa shape index (κ2) is 5.79. The van der Waals surface area contributed by atoms with E-state index in [4.69, 9.17) is 0 Å². The van der Waals surface area contributed by atoms with Crippen LogP contribution in [0, 0.1) is 5.92 Å². The Morgan fingerprint density at radius 3 is 2.70 bits per heavy atom. The van der Waals surface area contributed by atoms with E-state index in [9.17, 15) is 4.79 Å². The fourth-order valence-electron chi connectivity index (χ4n) is 2.51. The van der Waals surface area contributed by atoms with Crippen molar-refractivity contribution in [3.63, 3.8) is 0 Å². The van der Waals surface area contributed by atoms with Gasteiger partial charge in [0.2, 0.25) is 5.91 Å². The van der Waals surface area contributed by atoms with Crippen LogP contribution in [0.1, 0.15) is 12.0 Å². The molecular formula is C15H16BrN3O. The van der Waals surface area contributed by atoms with Crippen molar-refractivity contribution in [2.45, 2.75) is 13.0 Å². The zero-order chi connectivity index (χ0) is 13.9. The second-order valence-electron chi connectivity index (χ2n) is 5.12. The van der Waals surface area contributed by atoms with Gasteiger partial charge in [0.25, 0.3) is 0 Å². The lowest BCUT2D eigenvalue weighted by Crippen LogP contribution is -2.24. The van der Waals surface area contributed by atoms with E-state index in [-0.39, 0.29) is 5.91 Å². The van der Waals surface area contributed by atoms with Crippen LogP contribution in [0.2, 0.25) is 0 Å². The Bertz CT molecular complexity index is 580. The highest BCUT2D eigenvalue weighted by molar-refractivity contribution is 9.09. The van der Waals surface area contributed by atoms with Crippen molar-refractivity contribution in [1.29, 1.82) is 0 Å². The van der Waals surface area contributed by atoms with E-state index in [2.05, 4.69) is 33.2 Å². The van der Waals surface area contributed by atoms with Gasteiger partial charge in [0.15, 0.2) is 0 Å². The maximum atomic E-state index is 11.9. The van der Waals surface area contributed by atoms with Gasteiger partial charge in [0.1, 0.15) is 0 Å². The summed E-state index contributed by atoms with van der Waals surface area (Å²) in [6, 6.07) is 10.1. The van der Waals surface area contributed by atoms with Gasteiger partial charge in [-0.05, 0) is 29.7 Å². The first kappa shape index (κ1) is 13.4. The molecule has 4 nitrogen and oxygen atoms in total. The zero-order valence-corrected chi connectivity index (χ0v) is 12.7. The summed E-state index contributed by atoms with van der Waals surface area (Å²) in [4.78, 5) is 13.8. The summed E-state index contributed by atoms with van der Waals surface area (Å²) >= 11 is 3.46. The summed E-state index contributed by atoms with van der Waals surface area (Å²) in [6.45, 7) is 1.55. The molecule has 1 aliphatic heterocycles. The molecule has 2 aromatic rings. The Kier molecular flexibility index (Phi) is 3.87. The molecule has 1 aliphatic rings. The van der Waals surface area contributed by atoms with Gasteiger partial charge in [-0.25, -0.2) is 4.68 Å². The lowest BCUT2D eigenvalue weighted by Gasteiger charge is -2.16. The van der Waals surface area contributed by atoms with E-state index in [1.165, 1.54) is 0 Å². The molecule has 1 fully saturated rings. The molecule has 0 radical (unpaired) electrons. The standard InChI is InChI=1S/C15H16BrN3O/c16-9-13-8-15(20)18(11-13)10-12-2-4-14(5-3-12)19-7-1-6-17-19/h1-7,13H,8-11H2. The van der Waals surface area contributed by atoms with Gasteiger partial charge >= 0.3 is 0 Å². The number of alkyl halides is 1. The Morgan fingerprint density at radius 1 is 1.30 bits per heavy atom. The van der Waals surface area contributed by atoms with E-state index < -0.39 is 0 Å². The molecule has 2 heterocycles. The highest BCUT2D eigenvalue weighted by atomic mass is 79.9. The number of amides is 1. The van der Waals surface area contributed by atoms with Crippen molar-refractivity contribution in [1.82, 2.24) is 14.7 Å². The normalized spacial score (nSPS) is 18.8. The topological polar surface area (TPSA) is 38.1 Å². The van der Waals surface area contributed by atoms with E-state index in [0.29, 0.717) is 18.9 Å². The van der Waals surface area contributed by atoms with Crippen LogP contribution in [0.5, 0.6) is 0 Å². The predicted octanol–water partition coefficient (Wildman–Crippen LogP) is 2.62. The molecule has 1 atom stereocenters. The van der Waals surface area contributed by atoms with Crippen LogP contribution in [0.4, 0.5) is 0 Å². The quantitative estimate of drug-likeness (QED) is 0.806. The number of benzene rings is 1. The monoisotopic (exact) mass is 333 g/mol. The van der Waals surface area contributed by atoms with Gasteiger partial charge in [0, 0.05) is 37.2 Å². The highest BCUT2D eigenvalue weighted by Crippen LogP contribution is 2.22. The minimum atomic E-state index is 0.255. The van der Waals surface area contributed by atoms with Crippen molar-refractivity contribution < 1.29 is 4.79 Å². The largest absolute Gasteiger partial charge is 0.338 e. The van der Waals surface area contributed by atoms with Gasteiger partial charge in [0.05, 0.1) is 5.69 Å². The molecule has 5 heteroatoms. The Labute approximate surface area is 126 Å². The smallest absolute Gasteiger partial charge is 0.223 e. The lowest BCUT2D eigenvalue weighted by molar-refractivity contribution is -0.128. The Morgan fingerprint density at radius 2 is 2.10 bits per heavy atom. The predicted molar refractivity (Wildman–Crippen MR) is 80.9 cm³/mol. The lowest BCUT2D eigenvalue weighted by atomic mass is 10.1. The highest BCUT2D eigenvalue weighted by Gasteiger charge is 2.28. The molecule has 0 spiro atoms. The van der Waals surface area contributed by atoms with Crippen molar-refractivity contribution in [3.8, 4) is 5.69 Å². The number of aromatic nitrogens is 2. The molecule has 0 N–H and O–H groups in total. The average molecular weight is 334 g/mol. The van der Waals surface area contributed by atoms with Crippen molar-refractivity contribution in [2.24, 2.45) is 5.92 Å². The van der Waals surface area contributed by atoms with E-state index in [1.807, 2.05) is 34.0 Å². The van der Waals surface area contributed by atoms with Crippen LogP contribution < -0.4 is 0 Å². The molecule has 0 aliphatic carbocycles. The molecule has 0 saturated carbocycles. The third-order valence-corrected chi connectivity index (χ3v) is 4.51. The van der Waals surface area contributed by atoms with E-state index in [1.54, 1.807) is 6.20 Å². The number of hydrogen-bond donors (Lipinski definition) is 0. The Balaban J connectivity index is 1.68. The van der Waals surface area contributed by atoms with Crippen LogP contribution >= 0.6 is 15.9 Å². The maximum absolute atomic E-state index is 11.9. The molecule has 0 bridgehead atoms.